The van der Waals surface area contributed by atoms with Crippen molar-refractivity contribution in [2.24, 2.45) is 0 Å². The second-order valence-electron chi connectivity index (χ2n) is 4.70. The van der Waals surface area contributed by atoms with Crippen LogP contribution in [0.5, 0.6) is 0 Å². The van der Waals surface area contributed by atoms with Crippen LogP contribution in [0.4, 0.5) is 0 Å². The molecule has 2 heterocycles. The largest absolute Gasteiger partial charge is 0.294 e. The second kappa shape index (κ2) is 6.45. The quantitative estimate of drug-likeness (QED) is 0.691. The van der Waals surface area contributed by atoms with E-state index in [1.165, 1.54) is 0 Å². The molecule has 0 radical (unpaired) electrons. The van der Waals surface area contributed by atoms with Gasteiger partial charge in [-0.05, 0) is 36.4 Å². The highest BCUT2D eigenvalue weighted by Crippen LogP contribution is 2.17. The summed E-state index contributed by atoms with van der Waals surface area (Å²) >= 11 is 6.03. The minimum atomic E-state index is -0.0783. The van der Waals surface area contributed by atoms with Crippen molar-refractivity contribution in [1.82, 2.24) is 15.2 Å². The predicted octanol–water partition coefficient (Wildman–Crippen LogP) is 3.62. The molecule has 0 spiro atoms. The molecular formula is C17H12ClN3O. The van der Waals surface area contributed by atoms with Crippen molar-refractivity contribution in [3.05, 3.63) is 77.1 Å². The lowest BCUT2D eigenvalue weighted by Crippen LogP contribution is -2.06. The third-order valence-electron chi connectivity index (χ3n) is 3.16. The van der Waals surface area contributed by atoms with Crippen molar-refractivity contribution < 1.29 is 4.79 Å². The lowest BCUT2D eigenvalue weighted by molar-refractivity contribution is 0.0992. The SMILES string of the molecule is O=C(Cc1ccc(-c2ccccn2)nn1)c1ccccc1Cl. The second-order valence-corrected chi connectivity index (χ2v) is 5.11. The first-order valence-electron chi connectivity index (χ1n) is 6.76. The molecule has 0 aliphatic rings. The van der Waals surface area contributed by atoms with Crippen LogP contribution in [-0.4, -0.2) is 21.0 Å². The maximum Gasteiger partial charge on any atom is 0.170 e. The highest BCUT2D eigenvalue weighted by atomic mass is 35.5. The Morgan fingerprint density at radius 1 is 0.909 bits per heavy atom. The van der Waals surface area contributed by atoms with E-state index in [-0.39, 0.29) is 12.2 Å². The monoisotopic (exact) mass is 309 g/mol. The van der Waals surface area contributed by atoms with Crippen molar-refractivity contribution in [2.45, 2.75) is 6.42 Å². The maximum absolute atomic E-state index is 12.2. The molecule has 0 saturated carbocycles. The minimum Gasteiger partial charge on any atom is -0.294 e. The molecule has 0 unspecified atom stereocenters. The molecule has 2 aromatic heterocycles. The Morgan fingerprint density at radius 2 is 1.73 bits per heavy atom. The molecule has 4 nitrogen and oxygen atoms in total. The third-order valence-corrected chi connectivity index (χ3v) is 3.49. The van der Waals surface area contributed by atoms with Crippen LogP contribution in [0.25, 0.3) is 11.4 Å². The lowest BCUT2D eigenvalue weighted by atomic mass is 10.1. The number of nitrogens with zero attached hydrogens (tertiary/aromatic N) is 3. The molecule has 0 aliphatic heterocycles. The average molecular weight is 310 g/mol. The van der Waals surface area contributed by atoms with Gasteiger partial charge in [-0.3, -0.25) is 9.78 Å². The molecule has 0 fully saturated rings. The van der Waals surface area contributed by atoms with Crippen LogP contribution >= 0.6 is 11.6 Å². The smallest absolute Gasteiger partial charge is 0.170 e. The molecule has 0 amide bonds. The first-order valence-corrected chi connectivity index (χ1v) is 7.13. The summed E-state index contributed by atoms with van der Waals surface area (Å²) in [5.41, 5.74) is 2.53. The molecule has 0 atom stereocenters. The van der Waals surface area contributed by atoms with Crippen LogP contribution in [0.15, 0.2) is 60.8 Å². The Kier molecular flexibility index (Phi) is 4.21. The number of aromatic nitrogens is 3. The van der Waals surface area contributed by atoms with Gasteiger partial charge >= 0.3 is 0 Å². The number of Topliss-reactive ketones (excluding diaryl/α,β-unsaturated/α-hetero) is 1. The van der Waals surface area contributed by atoms with Gasteiger partial charge in [0.2, 0.25) is 0 Å². The molecule has 3 aromatic rings. The lowest BCUT2D eigenvalue weighted by Gasteiger charge is -2.03. The number of rotatable bonds is 4. The van der Waals surface area contributed by atoms with Crippen LogP contribution in [-0.2, 0) is 6.42 Å². The zero-order valence-electron chi connectivity index (χ0n) is 11.6. The Labute approximate surface area is 132 Å². The van der Waals surface area contributed by atoms with E-state index < -0.39 is 0 Å². The van der Waals surface area contributed by atoms with E-state index in [4.69, 9.17) is 11.6 Å². The summed E-state index contributed by atoms with van der Waals surface area (Å²) in [6.07, 6.45) is 1.87. The Balaban J connectivity index is 1.77. The molecule has 22 heavy (non-hydrogen) atoms. The molecule has 0 saturated heterocycles. The van der Waals surface area contributed by atoms with Crippen LogP contribution in [0.1, 0.15) is 16.1 Å². The molecule has 0 bridgehead atoms. The van der Waals surface area contributed by atoms with E-state index in [0.29, 0.717) is 22.0 Å². The summed E-state index contributed by atoms with van der Waals surface area (Å²) in [5, 5.41) is 8.67. The van der Waals surface area contributed by atoms with Gasteiger partial charge in [0.15, 0.2) is 5.78 Å². The Morgan fingerprint density at radius 3 is 2.41 bits per heavy atom. The third kappa shape index (κ3) is 3.18. The van der Waals surface area contributed by atoms with E-state index >= 15 is 0 Å². The number of carbonyl (C=O) groups is 1. The zero-order valence-corrected chi connectivity index (χ0v) is 12.4. The average Bonchev–Trinajstić information content (AvgIpc) is 2.57. The number of benzene rings is 1. The summed E-state index contributed by atoms with van der Waals surface area (Å²) < 4.78 is 0. The topological polar surface area (TPSA) is 55.7 Å². The first-order chi connectivity index (χ1) is 10.7. The highest BCUT2D eigenvalue weighted by molar-refractivity contribution is 6.34. The fourth-order valence-electron chi connectivity index (χ4n) is 2.05. The van der Waals surface area contributed by atoms with Crippen molar-refractivity contribution in [1.29, 1.82) is 0 Å². The van der Waals surface area contributed by atoms with Gasteiger partial charge in [-0.15, -0.1) is 5.10 Å². The molecule has 108 valence electrons. The number of pyridine rings is 1. The predicted molar refractivity (Wildman–Crippen MR) is 84.7 cm³/mol. The van der Waals surface area contributed by atoms with Crippen molar-refractivity contribution in [3.8, 4) is 11.4 Å². The standard InChI is InChI=1S/C17H12ClN3O/c18-14-6-2-1-5-13(14)17(22)11-12-8-9-16(21-20-12)15-7-3-4-10-19-15/h1-10H,11H2. The van der Waals surface area contributed by atoms with Gasteiger partial charge in [-0.1, -0.05) is 29.8 Å². The summed E-state index contributed by atoms with van der Waals surface area (Å²) in [6, 6.07) is 16.2. The van der Waals surface area contributed by atoms with Gasteiger partial charge in [0, 0.05) is 11.8 Å². The molecule has 1 aromatic carbocycles. The van der Waals surface area contributed by atoms with Crippen LogP contribution in [0, 0.1) is 0 Å². The number of halogens is 1. The minimum absolute atomic E-state index is 0.0783. The normalized spacial score (nSPS) is 10.4. The summed E-state index contributed by atoms with van der Waals surface area (Å²) in [6.45, 7) is 0. The number of carbonyl (C=O) groups excluding carboxylic acids is 1. The fourth-order valence-corrected chi connectivity index (χ4v) is 2.29. The number of ketones is 1. The highest BCUT2D eigenvalue weighted by Gasteiger charge is 2.12. The van der Waals surface area contributed by atoms with Gasteiger partial charge in [0.25, 0.3) is 0 Å². The summed E-state index contributed by atoms with van der Waals surface area (Å²) in [4.78, 5) is 16.4. The van der Waals surface area contributed by atoms with Crippen LogP contribution in [0.3, 0.4) is 0 Å². The number of hydrogen-bond acceptors (Lipinski definition) is 4. The van der Waals surface area contributed by atoms with E-state index in [1.807, 2.05) is 24.3 Å². The molecule has 0 aliphatic carbocycles. The molecular weight excluding hydrogens is 298 g/mol. The van der Waals surface area contributed by atoms with Gasteiger partial charge < -0.3 is 0 Å². The van der Waals surface area contributed by atoms with Crippen molar-refractivity contribution in [2.75, 3.05) is 0 Å². The van der Waals surface area contributed by atoms with Crippen molar-refractivity contribution in [3.63, 3.8) is 0 Å². The Hall–Kier alpha value is -2.59. The van der Waals surface area contributed by atoms with Crippen molar-refractivity contribution >= 4 is 17.4 Å². The molecule has 5 heteroatoms. The van der Waals surface area contributed by atoms with Gasteiger partial charge in [-0.2, -0.15) is 5.10 Å². The van der Waals surface area contributed by atoms with Crippen LogP contribution in [0.2, 0.25) is 5.02 Å². The van der Waals surface area contributed by atoms with Crippen LogP contribution < -0.4 is 0 Å². The zero-order chi connectivity index (χ0) is 15.4. The maximum atomic E-state index is 12.2. The fraction of sp³-hybridized carbons (Fsp3) is 0.0588. The molecule has 0 N–H and O–H groups in total. The Bertz CT molecular complexity index is 789. The summed E-state index contributed by atoms with van der Waals surface area (Å²) in [7, 11) is 0. The van der Waals surface area contributed by atoms with Gasteiger partial charge in [-0.25, -0.2) is 0 Å². The first kappa shape index (κ1) is 14.4. The summed E-state index contributed by atoms with van der Waals surface area (Å²) in [5.74, 6) is -0.0783. The van der Waals surface area contributed by atoms with Gasteiger partial charge in [0.05, 0.1) is 22.8 Å². The van der Waals surface area contributed by atoms with E-state index in [1.54, 1.807) is 36.5 Å². The van der Waals surface area contributed by atoms with E-state index in [0.717, 1.165) is 5.69 Å². The number of hydrogen-bond donors (Lipinski definition) is 0. The van der Waals surface area contributed by atoms with E-state index in [2.05, 4.69) is 15.2 Å². The van der Waals surface area contributed by atoms with Gasteiger partial charge in [0.1, 0.15) is 5.69 Å². The van der Waals surface area contributed by atoms with E-state index in [9.17, 15) is 4.79 Å². The molecule has 3 rings (SSSR count).